The highest BCUT2D eigenvalue weighted by atomic mass is 15.5. The van der Waals surface area contributed by atoms with Gasteiger partial charge >= 0.3 is 0 Å². The maximum absolute atomic E-state index is 4.08. The van der Waals surface area contributed by atoms with E-state index in [0.717, 1.165) is 12.0 Å². The van der Waals surface area contributed by atoms with Crippen molar-refractivity contribution in [2.45, 2.75) is 84.0 Å². The second kappa shape index (κ2) is 9.01. The van der Waals surface area contributed by atoms with Crippen LogP contribution in [0.25, 0.3) is 23.0 Å². The number of nitrogens with zero attached hydrogens (tertiary/aromatic N) is 3. The lowest BCUT2D eigenvalue weighted by Gasteiger charge is -2.22. The molecule has 4 rings (SSSR count). The number of benzene rings is 2. The van der Waals surface area contributed by atoms with Crippen LogP contribution in [0.4, 0.5) is 0 Å². The fraction of sp³-hybridized carbons (Fsp3) is 0.464. The first-order valence-electron chi connectivity index (χ1n) is 12.0. The van der Waals surface area contributed by atoms with Crippen molar-refractivity contribution in [1.82, 2.24) is 20.6 Å². The number of nitrogens with one attached hydrogen (secondary N) is 1. The fourth-order valence-electron chi connectivity index (χ4n) is 5.45. The molecule has 0 saturated carbocycles. The van der Waals surface area contributed by atoms with Gasteiger partial charge in [-0.25, -0.2) is 0 Å². The van der Waals surface area contributed by atoms with Crippen LogP contribution < -0.4 is 0 Å². The minimum absolute atomic E-state index is 0.217. The third-order valence-electron chi connectivity index (χ3n) is 6.89. The standard InChI is InChI=1S/C28H36N4/c1-6-7-8-9-10-22(17-20-11-13-21(14-12-20)26-29-31-32-30-26)23-15-16-24-25(18-23)28(4,5)19-27(24,2)3/h11-18H,6-10,19H2,1-5H3,(H,29,30,31,32). The number of H-pyrrole nitrogens is 1. The van der Waals surface area contributed by atoms with Gasteiger partial charge < -0.3 is 0 Å². The van der Waals surface area contributed by atoms with Crippen molar-refractivity contribution < 1.29 is 0 Å². The molecule has 4 nitrogen and oxygen atoms in total. The molecular weight excluding hydrogens is 392 g/mol. The molecule has 1 aromatic heterocycles. The number of rotatable bonds is 8. The van der Waals surface area contributed by atoms with Crippen molar-refractivity contribution in [3.63, 3.8) is 0 Å². The van der Waals surface area contributed by atoms with Gasteiger partial charge in [-0.1, -0.05) is 102 Å². The lowest BCUT2D eigenvalue weighted by atomic mass is 9.82. The SMILES string of the molecule is CCCCCCC(=Cc1ccc(-c2nn[nH]n2)cc1)c1ccc2c(c1)C(C)(C)CC2(C)C. The number of allylic oxidation sites excluding steroid dienone is 1. The van der Waals surface area contributed by atoms with E-state index in [2.05, 4.69) is 104 Å². The lowest BCUT2D eigenvalue weighted by molar-refractivity contribution is 0.403. The molecule has 1 aliphatic carbocycles. The quantitative estimate of drug-likeness (QED) is 0.302. The van der Waals surface area contributed by atoms with Gasteiger partial charge in [0.2, 0.25) is 5.82 Å². The maximum Gasteiger partial charge on any atom is 0.204 e. The molecule has 0 atom stereocenters. The second-order valence-electron chi connectivity index (χ2n) is 10.5. The highest BCUT2D eigenvalue weighted by Gasteiger charge is 2.41. The first kappa shape index (κ1) is 22.4. The van der Waals surface area contributed by atoms with Crippen LogP contribution in [0.15, 0.2) is 42.5 Å². The summed E-state index contributed by atoms with van der Waals surface area (Å²) in [5, 5.41) is 14.3. The summed E-state index contributed by atoms with van der Waals surface area (Å²) < 4.78 is 0. The Balaban J connectivity index is 1.67. The van der Waals surface area contributed by atoms with Crippen molar-refractivity contribution in [3.8, 4) is 11.4 Å². The molecular formula is C28H36N4. The summed E-state index contributed by atoms with van der Waals surface area (Å²) in [6, 6.07) is 15.7. The molecule has 0 aliphatic heterocycles. The summed E-state index contributed by atoms with van der Waals surface area (Å²) in [5.41, 5.74) is 8.48. The Labute approximate surface area is 192 Å². The zero-order valence-electron chi connectivity index (χ0n) is 20.2. The predicted octanol–water partition coefficient (Wildman–Crippen LogP) is 7.34. The highest BCUT2D eigenvalue weighted by Crippen LogP contribution is 2.50. The lowest BCUT2D eigenvalue weighted by Crippen LogP contribution is -2.17. The average Bonchev–Trinajstić information content (AvgIpc) is 3.35. The van der Waals surface area contributed by atoms with Gasteiger partial charge in [0.05, 0.1) is 0 Å². The molecule has 0 bridgehead atoms. The van der Waals surface area contributed by atoms with Gasteiger partial charge in [0.15, 0.2) is 0 Å². The van der Waals surface area contributed by atoms with Crippen molar-refractivity contribution in [2.75, 3.05) is 0 Å². The van der Waals surface area contributed by atoms with E-state index in [1.807, 2.05) is 0 Å². The van der Waals surface area contributed by atoms with Crippen molar-refractivity contribution in [1.29, 1.82) is 0 Å². The van der Waals surface area contributed by atoms with E-state index in [9.17, 15) is 0 Å². The summed E-state index contributed by atoms with van der Waals surface area (Å²) in [6.45, 7) is 11.8. The fourth-order valence-corrected chi connectivity index (χ4v) is 5.45. The number of aromatic nitrogens is 4. The Bertz CT molecular complexity index is 1070. The minimum atomic E-state index is 0.217. The summed E-state index contributed by atoms with van der Waals surface area (Å²) >= 11 is 0. The van der Waals surface area contributed by atoms with E-state index in [1.165, 1.54) is 59.9 Å². The van der Waals surface area contributed by atoms with E-state index in [-0.39, 0.29) is 10.8 Å². The average molecular weight is 429 g/mol. The van der Waals surface area contributed by atoms with E-state index in [4.69, 9.17) is 0 Å². The van der Waals surface area contributed by atoms with Crippen LogP contribution in [0.2, 0.25) is 0 Å². The van der Waals surface area contributed by atoms with Crippen molar-refractivity contribution >= 4 is 11.6 Å². The monoisotopic (exact) mass is 428 g/mol. The number of hydrogen-bond donors (Lipinski definition) is 1. The van der Waals surface area contributed by atoms with Crippen LogP contribution >= 0.6 is 0 Å². The predicted molar refractivity (Wildman–Crippen MR) is 133 cm³/mol. The van der Waals surface area contributed by atoms with Gasteiger partial charge in [0.1, 0.15) is 0 Å². The Morgan fingerprint density at radius 3 is 2.38 bits per heavy atom. The van der Waals surface area contributed by atoms with Gasteiger partial charge in [-0.15, -0.1) is 10.2 Å². The molecule has 0 amide bonds. The zero-order chi connectivity index (χ0) is 22.8. The summed E-state index contributed by atoms with van der Waals surface area (Å²) in [4.78, 5) is 0. The van der Waals surface area contributed by atoms with Crippen LogP contribution in [0, 0.1) is 0 Å². The molecule has 3 aromatic rings. The number of fused-ring (bicyclic) bond motifs is 1. The van der Waals surface area contributed by atoms with Gasteiger partial charge in [-0.05, 0) is 63.1 Å². The second-order valence-corrected chi connectivity index (χ2v) is 10.5. The van der Waals surface area contributed by atoms with E-state index in [0.29, 0.717) is 5.82 Å². The molecule has 0 spiro atoms. The Kier molecular flexibility index (Phi) is 6.32. The number of aromatic amines is 1. The molecule has 1 heterocycles. The minimum Gasteiger partial charge on any atom is -0.177 e. The molecule has 0 radical (unpaired) electrons. The molecule has 32 heavy (non-hydrogen) atoms. The van der Waals surface area contributed by atoms with Crippen LogP contribution in [0.1, 0.15) is 95.4 Å². The highest BCUT2D eigenvalue weighted by molar-refractivity contribution is 5.82. The van der Waals surface area contributed by atoms with Crippen molar-refractivity contribution in [2.24, 2.45) is 0 Å². The molecule has 1 N–H and O–H groups in total. The van der Waals surface area contributed by atoms with Gasteiger partial charge in [0.25, 0.3) is 0 Å². The number of unbranched alkanes of at least 4 members (excludes halogenated alkanes) is 3. The zero-order valence-corrected chi connectivity index (χ0v) is 20.2. The molecule has 0 fully saturated rings. The summed E-state index contributed by atoms with van der Waals surface area (Å²) in [5.74, 6) is 0.629. The molecule has 0 unspecified atom stereocenters. The normalized spacial score (nSPS) is 16.8. The topological polar surface area (TPSA) is 54.5 Å². The summed E-state index contributed by atoms with van der Waals surface area (Å²) in [7, 11) is 0. The van der Waals surface area contributed by atoms with Crippen LogP contribution in [-0.4, -0.2) is 20.6 Å². The third kappa shape index (κ3) is 4.69. The largest absolute Gasteiger partial charge is 0.204 e. The molecule has 2 aromatic carbocycles. The van der Waals surface area contributed by atoms with Gasteiger partial charge in [-0.3, -0.25) is 0 Å². The van der Waals surface area contributed by atoms with Crippen LogP contribution in [0.3, 0.4) is 0 Å². The maximum atomic E-state index is 4.08. The van der Waals surface area contributed by atoms with E-state index in [1.54, 1.807) is 0 Å². The van der Waals surface area contributed by atoms with Crippen LogP contribution in [-0.2, 0) is 10.8 Å². The molecule has 4 heteroatoms. The number of tetrazole rings is 1. The van der Waals surface area contributed by atoms with E-state index >= 15 is 0 Å². The first-order chi connectivity index (χ1) is 15.3. The Morgan fingerprint density at radius 1 is 0.938 bits per heavy atom. The van der Waals surface area contributed by atoms with Crippen LogP contribution in [0.5, 0.6) is 0 Å². The Hall–Kier alpha value is -2.75. The van der Waals surface area contributed by atoms with Gasteiger partial charge in [0, 0.05) is 5.56 Å². The molecule has 1 aliphatic rings. The molecule has 0 saturated heterocycles. The third-order valence-corrected chi connectivity index (χ3v) is 6.89. The van der Waals surface area contributed by atoms with E-state index < -0.39 is 0 Å². The van der Waals surface area contributed by atoms with Gasteiger partial charge in [-0.2, -0.15) is 5.21 Å². The number of hydrogen-bond acceptors (Lipinski definition) is 3. The first-order valence-corrected chi connectivity index (χ1v) is 12.0. The Morgan fingerprint density at radius 2 is 1.69 bits per heavy atom. The molecule has 168 valence electrons. The van der Waals surface area contributed by atoms with Crippen molar-refractivity contribution in [3.05, 3.63) is 64.7 Å². The smallest absolute Gasteiger partial charge is 0.177 e. The summed E-state index contributed by atoms with van der Waals surface area (Å²) in [6.07, 6.45) is 9.75.